The first-order valence-corrected chi connectivity index (χ1v) is 12.6. The fourth-order valence-electron chi connectivity index (χ4n) is 3.97. The minimum Gasteiger partial charge on any atom is -0.353 e. The Bertz CT molecular complexity index is 1130. The normalized spacial score (nSPS) is 19.5. The molecule has 1 saturated heterocycles. The summed E-state index contributed by atoms with van der Waals surface area (Å²) < 4.78 is 27.4. The molecular formula is C22H26ClN5O3S. The number of amidine groups is 1. The minimum absolute atomic E-state index is 0.0757. The number of piperazine rings is 1. The first-order valence-electron chi connectivity index (χ1n) is 10.8. The lowest BCUT2D eigenvalue weighted by atomic mass is 10.1. The molecule has 1 aromatic carbocycles. The highest BCUT2D eigenvalue weighted by Crippen LogP contribution is 2.24. The molecule has 0 spiro atoms. The second kappa shape index (κ2) is 9.46. The Morgan fingerprint density at radius 2 is 1.91 bits per heavy atom. The molecule has 8 nitrogen and oxygen atoms in total. The van der Waals surface area contributed by atoms with Gasteiger partial charge in [-0.25, -0.2) is 13.4 Å². The fourth-order valence-corrected chi connectivity index (χ4v) is 5.37. The Morgan fingerprint density at radius 1 is 1.16 bits per heavy atom. The zero-order valence-electron chi connectivity index (χ0n) is 17.9. The largest absolute Gasteiger partial charge is 0.353 e. The molecule has 4 rings (SSSR count). The van der Waals surface area contributed by atoms with Crippen molar-refractivity contribution in [3.05, 3.63) is 53.2 Å². The van der Waals surface area contributed by atoms with Gasteiger partial charge in [0.25, 0.3) is 10.0 Å². The minimum atomic E-state index is -3.64. The van der Waals surface area contributed by atoms with Crippen molar-refractivity contribution in [1.29, 1.82) is 0 Å². The van der Waals surface area contributed by atoms with E-state index in [0.717, 1.165) is 18.7 Å². The number of nitrogens with zero attached hydrogens (tertiary/aromatic N) is 4. The molecule has 1 aromatic heterocycles. The lowest BCUT2D eigenvalue weighted by molar-refractivity contribution is -0.133. The zero-order valence-corrected chi connectivity index (χ0v) is 19.4. The van der Waals surface area contributed by atoms with E-state index in [0.29, 0.717) is 43.3 Å². The number of benzene rings is 1. The van der Waals surface area contributed by atoms with Crippen LogP contribution in [0, 0.1) is 0 Å². The second-order valence-corrected chi connectivity index (χ2v) is 9.91. The summed E-state index contributed by atoms with van der Waals surface area (Å²) in [7, 11) is -3.64. The first-order chi connectivity index (χ1) is 15.4. The SMILES string of the molecule is CCCCC(N=C1NS(=O)(=O)c2ccccc21)C(=O)N1CCN(c2cccc(Cl)n2)CC1. The van der Waals surface area contributed by atoms with Crippen LogP contribution >= 0.6 is 11.6 Å². The number of rotatable bonds is 6. The van der Waals surface area contributed by atoms with Gasteiger partial charge in [-0.15, -0.1) is 0 Å². The van der Waals surface area contributed by atoms with Gasteiger partial charge in [0, 0.05) is 31.7 Å². The van der Waals surface area contributed by atoms with E-state index < -0.39 is 16.1 Å². The predicted octanol–water partition coefficient (Wildman–Crippen LogP) is 2.68. The van der Waals surface area contributed by atoms with Gasteiger partial charge in [-0.3, -0.25) is 14.5 Å². The topological polar surface area (TPSA) is 95.0 Å². The molecule has 0 bridgehead atoms. The molecule has 1 atom stereocenters. The number of sulfonamides is 1. The number of aromatic nitrogens is 1. The number of aliphatic imine (C=N–C) groups is 1. The lowest BCUT2D eigenvalue weighted by Crippen LogP contribution is -2.51. The van der Waals surface area contributed by atoms with Crippen molar-refractivity contribution in [2.45, 2.75) is 37.1 Å². The van der Waals surface area contributed by atoms with Crippen LogP contribution in [0.15, 0.2) is 52.4 Å². The monoisotopic (exact) mass is 475 g/mol. The maximum absolute atomic E-state index is 13.3. The van der Waals surface area contributed by atoms with Gasteiger partial charge in [0.05, 0.1) is 4.90 Å². The van der Waals surface area contributed by atoms with Gasteiger partial charge in [0.1, 0.15) is 22.8 Å². The van der Waals surface area contributed by atoms with Crippen molar-refractivity contribution in [2.75, 3.05) is 31.1 Å². The van der Waals surface area contributed by atoms with Gasteiger partial charge in [0.2, 0.25) is 5.91 Å². The number of anilines is 1. The molecule has 1 fully saturated rings. The number of carbonyl (C=O) groups excluding carboxylic acids is 1. The van der Waals surface area contributed by atoms with Gasteiger partial charge in [-0.2, -0.15) is 0 Å². The number of halogens is 1. The van der Waals surface area contributed by atoms with Gasteiger partial charge in [-0.05, 0) is 30.7 Å². The number of pyridine rings is 1. The summed E-state index contributed by atoms with van der Waals surface area (Å²) in [4.78, 5) is 26.4. The molecule has 32 heavy (non-hydrogen) atoms. The van der Waals surface area contributed by atoms with Crippen molar-refractivity contribution in [3.63, 3.8) is 0 Å². The smallest absolute Gasteiger partial charge is 0.263 e. The third-order valence-electron chi connectivity index (χ3n) is 5.68. The van der Waals surface area contributed by atoms with Crippen molar-refractivity contribution in [2.24, 2.45) is 4.99 Å². The molecular weight excluding hydrogens is 450 g/mol. The van der Waals surface area contributed by atoms with Crippen LogP contribution in [0.3, 0.4) is 0 Å². The quantitative estimate of drug-likeness (QED) is 0.648. The molecule has 3 heterocycles. The van der Waals surface area contributed by atoms with E-state index in [-0.39, 0.29) is 16.6 Å². The molecule has 0 aliphatic carbocycles. The summed E-state index contributed by atoms with van der Waals surface area (Å²) in [6, 6.07) is 11.6. The van der Waals surface area contributed by atoms with Crippen LogP contribution < -0.4 is 9.62 Å². The van der Waals surface area contributed by atoms with Gasteiger partial charge < -0.3 is 9.80 Å². The molecule has 2 aliphatic heterocycles. The Morgan fingerprint density at radius 3 is 2.62 bits per heavy atom. The number of amides is 1. The highest BCUT2D eigenvalue weighted by Gasteiger charge is 2.33. The van der Waals surface area contributed by atoms with E-state index in [4.69, 9.17) is 11.6 Å². The molecule has 170 valence electrons. The van der Waals surface area contributed by atoms with Crippen LogP contribution in [0.1, 0.15) is 31.7 Å². The summed E-state index contributed by atoms with van der Waals surface area (Å²) in [6.45, 7) is 4.43. The summed E-state index contributed by atoms with van der Waals surface area (Å²) >= 11 is 6.00. The Kier molecular flexibility index (Phi) is 6.66. The highest BCUT2D eigenvalue weighted by atomic mass is 35.5. The standard InChI is InChI=1S/C22H26ClN5O3S/c1-2-3-8-17(24-21-16-7-4-5-9-18(16)32(30,31)26-21)22(29)28-14-12-27(13-15-28)20-11-6-10-19(23)25-20/h4-7,9-11,17H,2-3,8,12-15H2,1H3,(H,24,26). The van der Waals surface area contributed by atoms with E-state index in [9.17, 15) is 13.2 Å². The van der Waals surface area contributed by atoms with Gasteiger partial charge >= 0.3 is 0 Å². The molecule has 0 radical (unpaired) electrons. The van der Waals surface area contributed by atoms with Gasteiger partial charge in [-0.1, -0.05) is 49.6 Å². The summed E-state index contributed by atoms with van der Waals surface area (Å²) in [6.07, 6.45) is 2.32. The van der Waals surface area contributed by atoms with Crippen molar-refractivity contribution < 1.29 is 13.2 Å². The molecule has 10 heteroatoms. The highest BCUT2D eigenvalue weighted by molar-refractivity contribution is 7.90. The number of nitrogens with one attached hydrogen (secondary N) is 1. The van der Waals surface area contributed by atoms with Gasteiger partial charge in [0.15, 0.2) is 0 Å². The number of unbranched alkanes of at least 4 members (excludes halogenated alkanes) is 1. The molecule has 2 aliphatic rings. The molecule has 1 N–H and O–H groups in total. The second-order valence-electron chi connectivity index (χ2n) is 7.87. The summed E-state index contributed by atoms with van der Waals surface area (Å²) in [5, 5.41) is 0.441. The zero-order chi connectivity index (χ0) is 22.7. The van der Waals surface area contributed by atoms with E-state index in [1.807, 2.05) is 12.1 Å². The molecule has 1 unspecified atom stereocenters. The van der Waals surface area contributed by atoms with Crippen LogP contribution in [-0.2, 0) is 14.8 Å². The van der Waals surface area contributed by atoms with Crippen LogP contribution in [0.4, 0.5) is 5.82 Å². The lowest BCUT2D eigenvalue weighted by Gasteiger charge is -2.36. The summed E-state index contributed by atoms with van der Waals surface area (Å²) in [5.41, 5.74) is 0.513. The summed E-state index contributed by atoms with van der Waals surface area (Å²) in [5.74, 6) is 0.967. The first kappa shape index (κ1) is 22.5. The Balaban J connectivity index is 1.51. The van der Waals surface area contributed by atoms with E-state index in [1.165, 1.54) is 0 Å². The average Bonchev–Trinajstić information content (AvgIpc) is 3.06. The van der Waals surface area contributed by atoms with Crippen molar-refractivity contribution in [1.82, 2.24) is 14.6 Å². The Labute approximate surface area is 193 Å². The van der Waals surface area contributed by atoms with Crippen LogP contribution in [0.25, 0.3) is 0 Å². The third-order valence-corrected chi connectivity index (χ3v) is 7.29. The molecule has 2 aromatic rings. The average molecular weight is 476 g/mol. The Hall–Kier alpha value is -2.65. The van der Waals surface area contributed by atoms with Crippen LogP contribution in [0.5, 0.6) is 0 Å². The van der Waals surface area contributed by atoms with Crippen LogP contribution in [0.2, 0.25) is 5.15 Å². The van der Waals surface area contributed by atoms with Crippen LogP contribution in [-0.4, -0.2) is 62.3 Å². The third kappa shape index (κ3) is 4.73. The maximum Gasteiger partial charge on any atom is 0.263 e. The predicted molar refractivity (Wildman–Crippen MR) is 125 cm³/mol. The number of carbonyl (C=O) groups is 1. The maximum atomic E-state index is 13.3. The van der Waals surface area contributed by atoms with E-state index in [1.54, 1.807) is 35.2 Å². The molecule has 1 amide bonds. The number of hydrogen-bond donors (Lipinski definition) is 1. The van der Waals surface area contributed by atoms with Crippen molar-refractivity contribution >= 4 is 39.2 Å². The number of fused-ring (bicyclic) bond motifs is 1. The number of hydrogen-bond acceptors (Lipinski definition) is 6. The van der Waals surface area contributed by atoms with Crippen molar-refractivity contribution in [3.8, 4) is 0 Å². The molecule has 0 saturated carbocycles. The fraction of sp³-hybridized carbons (Fsp3) is 0.409. The van der Waals surface area contributed by atoms with E-state index >= 15 is 0 Å². The van der Waals surface area contributed by atoms with E-state index in [2.05, 4.69) is 26.5 Å².